The first-order valence-electron chi connectivity index (χ1n) is 6.59. The number of allylic oxidation sites excluding steroid dienone is 2. The molecule has 0 bridgehead atoms. The second-order valence-corrected chi connectivity index (χ2v) is 4.98. The molecule has 0 fully saturated rings. The van der Waals surface area contributed by atoms with Gasteiger partial charge in [0.1, 0.15) is 0 Å². The van der Waals surface area contributed by atoms with Gasteiger partial charge in [-0.2, -0.15) is 0 Å². The Balaban J connectivity index is 2.16. The summed E-state index contributed by atoms with van der Waals surface area (Å²) in [5.41, 5.74) is 2.71. The lowest BCUT2D eigenvalue weighted by molar-refractivity contribution is 0.627. The van der Waals surface area contributed by atoms with Crippen molar-refractivity contribution in [2.75, 3.05) is 0 Å². The molecule has 0 saturated heterocycles. The van der Waals surface area contributed by atoms with Crippen LogP contribution in [0.3, 0.4) is 0 Å². The van der Waals surface area contributed by atoms with Crippen molar-refractivity contribution < 1.29 is 0 Å². The maximum atomic E-state index is 2.49. The summed E-state index contributed by atoms with van der Waals surface area (Å²) in [6.07, 6.45) is 7.07. The zero-order valence-electron chi connectivity index (χ0n) is 10.2. The van der Waals surface area contributed by atoms with Crippen molar-refractivity contribution in [2.45, 2.75) is 18.9 Å². The van der Waals surface area contributed by atoms with Crippen LogP contribution in [0.4, 0.5) is 0 Å². The summed E-state index contributed by atoms with van der Waals surface area (Å²) in [6.45, 7) is 0. The summed E-state index contributed by atoms with van der Waals surface area (Å²) >= 11 is 0. The van der Waals surface area contributed by atoms with Crippen LogP contribution < -0.4 is 0 Å². The van der Waals surface area contributed by atoms with Gasteiger partial charge in [-0.15, -0.1) is 0 Å². The third-order valence-corrected chi connectivity index (χ3v) is 3.94. The largest absolute Gasteiger partial charge is 0.333 e. The molecule has 18 heavy (non-hydrogen) atoms. The van der Waals surface area contributed by atoms with Gasteiger partial charge in [0, 0.05) is 21.8 Å². The normalized spacial score (nSPS) is 19.0. The lowest BCUT2D eigenvalue weighted by atomic mass is 10.2. The Morgan fingerprint density at radius 1 is 0.833 bits per heavy atom. The van der Waals surface area contributed by atoms with E-state index < -0.39 is 0 Å². The van der Waals surface area contributed by atoms with Crippen LogP contribution in [0.2, 0.25) is 0 Å². The van der Waals surface area contributed by atoms with Gasteiger partial charge in [-0.05, 0) is 25.0 Å². The molecule has 1 aliphatic carbocycles. The highest BCUT2D eigenvalue weighted by Gasteiger charge is 2.17. The molecule has 1 heteroatoms. The Morgan fingerprint density at radius 3 is 2.00 bits per heavy atom. The average molecular weight is 233 g/mol. The lowest BCUT2D eigenvalue weighted by Gasteiger charge is -2.13. The SMILES string of the molecule is C1=CC(n2c3ccccc3c3ccccc32)CC1. The fraction of sp³-hybridized carbons (Fsp3) is 0.176. The van der Waals surface area contributed by atoms with Gasteiger partial charge >= 0.3 is 0 Å². The molecule has 0 spiro atoms. The molecule has 0 radical (unpaired) electrons. The summed E-state index contributed by atoms with van der Waals surface area (Å²) in [5.74, 6) is 0. The molecule has 2 aromatic carbocycles. The van der Waals surface area contributed by atoms with Gasteiger partial charge < -0.3 is 4.57 Å². The second kappa shape index (κ2) is 3.74. The molecule has 1 unspecified atom stereocenters. The van der Waals surface area contributed by atoms with Crippen molar-refractivity contribution in [2.24, 2.45) is 0 Å². The first-order chi connectivity index (χ1) is 8.95. The molecule has 3 aromatic rings. The average Bonchev–Trinajstić information content (AvgIpc) is 3.03. The van der Waals surface area contributed by atoms with Crippen LogP contribution in [-0.2, 0) is 0 Å². The third kappa shape index (κ3) is 1.28. The highest BCUT2D eigenvalue weighted by molar-refractivity contribution is 6.08. The van der Waals surface area contributed by atoms with Crippen molar-refractivity contribution in [3.05, 3.63) is 60.7 Å². The summed E-state index contributed by atoms with van der Waals surface area (Å²) in [7, 11) is 0. The predicted molar refractivity (Wildman–Crippen MR) is 76.9 cm³/mol. The Morgan fingerprint density at radius 2 is 1.44 bits per heavy atom. The number of fused-ring (bicyclic) bond motifs is 3. The molecule has 0 N–H and O–H groups in total. The number of benzene rings is 2. The summed E-state index contributed by atoms with van der Waals surface area (Å²) in [5, 5.41) is 2.74. The minimum absolute atomic E-state index is 0.523. The van der Waals surface area contributed by atoms with Crippen molar-refractivity contribution in [1.29, 1.82) is 0 Å². The molecule has 1 heterocycles. The van der Waals surface area contributed by atoms with Gasteiger partial charge in [0.05, 0.1) is 6.04 Å². The number of rotatable bonds is 1. The smallest absolute Gasteiger partial charge is 0.0525 e. The number of hydrogen-bond acceptors (Lipinski definition) is 0. The van der Waals surface area contributed by atoms with E-state index in [2.05, 4.69) is 65.3 Å². The van der Waals surface area contributed by atoms with Crippen molar-refractivity contribution in [3.63, 3.8) is 0 Å². The van der Waals surface area contributed by atoms with Crippen LogP contribution >= 0.6 is 0 Å². The number of hydrogen-bond donors (Lipinski definition) is 0. The van der Waals surface area contributed by atoms with Gasteiger partial charge in [-0.25, -0.2) is 0 Å². The standard InChI is InChI=1S/C17H15N/c1-2-8-13(7-1)18-16-11-5-3-9-14(16)15-10-4-6-12-17(15)18/h1,3-7,9-13H,2,8H2. The Kier molecular flexibility index (Phi) is 2.07. The fourth-order valence-corrected chi connectivity index (χ4v) is 3.14. The van der Waals surface area contributed by atoms with E-state index >= 15 is 0 Å². The number of para-hydroxylation sites is 2. The minimum atomic E-state index is 0.523. The molecule has 0 aliphatic heterocycles. The summed E-state index contributed by atoms with van der Waals surface area (Å²) < 4.78 is 2.49. The van der Waals surface area contributed by atoms with E-state index in [0.717, 1.165) is 0 Å². The first-order valence-corrected chi connectivity index (χ1v) is 6.59. The predicted octanol–water partition coefficient (Wildman–Crippen LogP) is 4.69. The van der Waals surface area contributed by atoms with E-state index in [1.165, 1.54) is 34.6 Å². The Bertz CT molecular complexity index is 695. The third-order valence-electron chi connectivity index (χ3n) is 3.94. The quantitative estimate of drug-likeness (QED) is 0.537. The van der Waals surface area contributed by atoms with Crippen LogP contribution in [0, 0.1) is 0 Å². The van der Waals surface area contributed by atoms with Crippen LogP contribution in [0.1, 0.15) is 18.9 Å². The maximum absolute atomic E-state index is 2.49. The highest BCUT2D eigenvalue weighted by atomic mass is 15.0. The van der Waals surface area contributed by atoms with E-state index in [4.69, 9.17) is 0 Å². The van der Waals surface area contributed by atoms with E-state index in [0.29, 0.717) is 6.04 Å². The molecule has 1 atom stereocenters. The van der Waals surface area contributed by atoms with Gasteiger partial charge in [0.15, 0.2) is 0 Å². The molecular weight excluding hydrogens is 218 g/mol. The Hall–Kier alpha value is -2.02. The topological polar surface area (TPSA) is 4.93 Å². The number of nitrogens with zero attached hydrogens (tertiary/aromatic N) is 1. The van der Waals surface area contributed by atoms with E-state index in [9.17, 15) is 0 Å². The molecular formula is C17H15N. The summed E-state index contributed by atoms with van der Waals surface area (Å²) in [6, 6.07) is 18.0. The van der Waals surface area contributed by atoms with Crippen molar-refractivity contribution in [3.8, 4) is 0 Å². The molecule has 4 rings (SSSR count). The van der Waals surface area contributed by atoms with Gasteiger partial charge in [0.25, 0.3) is 0 Å². The summed E-state index contributed by atoms with van der Waals surface area (Å²) in [4.78, 5) is 0. The molecule has 1 aliphatic rings. The molecule has 88 valence electrons. The van der Waals surface area contributed by atoms with Crippen molar-refractivity contribution >= 4 is 21.8 Å². The molecule has 0 amide bonds. The highest BCUT2D eigenvalue weighted by Crippen LogP contribution is 2.35. The second-order valence-electron chi connectivity index (χ2n) is 4.98. The monoisotopic (exact) mass is 233 g/mol. The van der Waals surface area contributed by atoms with Crippen LogP contribution in [0.25, 0.3) is 21.8 Å². The van der Waals surface area contributed by atoms with Crippen LogP contribution in [0.15, 0.2) is 60.7 Å². The van der Waals surface area contributed by atoms with E-state index in [1.807, 2.05) is 0 Å². The first kappa shape index (κ1) is 9.95. The van der Waals surface area contributed by atoms with Gasteiger partial charge in [-0.1, -0.05) is 48.6 Å². The van der Waals surface area contributed by atoms with Crippen LogP contribution in [0.5, 0.6) is 0 Å². The maximum Gasteiger partial charge on any atom is 0.0525 e. The van der Waals surface area contributed by atoms with E-state index in [-0.39, 0.29) is 0 Å². The van der Waals surface area contributed by atoms with Crippen molar-refractivity contribution in [1.82, 2.24) is 4.57 Å². The molecule has 0 saturated carbocycles. The zero-order chi connectivity index (χ0) is 11.9. The molecule has 1 aromatic heterocycles. The fourth-order valence-electron chi connectivity index (χ4n) is 3.14. The van der Waals surface area contributed by atoms with Crippen LogP contribution in [-0.4, -0.2) is 4.57 Å². The number of aromatic nitrogens is 1. The van der Waals surface area contributed by atoms with Gasteiger partial charge in [-0.3, -0.25) is 0 Å². The zero-order valence-corrected chi connectivity index (χ0v) is 10.2. The Labute approximate surface area is 106 Å². The van der Waals surface area contributed by atoms with E-state index in [1.54, 1.807) is 0 Å². The lowest BCUT2D eigenvalue weighted by Crippen LogP contribution is -2.02. The minimum Gasteiger partial charge on any atom is -0.333 e. The molecule has 1 nitrogen and oxygen atoms in total. The van der Waals surface area contributed by atoms with Gasteiger partial charge in [0.2, 0.25) is 0 Å².